The van der Waals surface area contributed by atoms with Crippen LogP contribution in [0.5, 0.6) is 0 Å². The van der Waals surface area contributed by atoms with E-state index in [0.29, 0.717) is 0 Å². The highest BCUT2D eigenvalue weighted by Gasteiger charge is 2.33. The van der Waals surface area contributed by atoms with Crippen LogP contribution < -0.4 is 0 Å². The zero-order valence-corrected chi connectivity index (χ0v) is 10.8. The molecule has 0 bridgehead atoms. The predicted octanol–water partition coefficient (Wildman–Crippen LogP) is 5.05. The van der Waals surface area contributed by atoms with Crippen molar-refractivity contribution in [3.63, 3.8) is 0 Å². The van der Waals surface area contributed by atoms with Gasteiger partial charge in [0.1, 0.15) is 0 Å². The minimum Gasteiger partial charge on any atom is -0.103 e. The van der Waals surface area contributed by atoms with E-state index in [1.54, 1.807) is 0 Å². The summed E-state index contributed by atoms with van der Waals surface area (Å²) in [5.41, 5.74) is 0. The summed E-state index contributed by atoms with van der Waals surface area (Å²) in [4.78, 5) is 0. The number of hydrogen-bond acceptors (Lipinski definition) is 0. The number of allylic oxidation sites excluding steroid dienone is 1. The lowest BCUT2D eigenvalue weighted by Gasteiger charge is -2.32. The molecule has 15 heavy (non-hydrogen) atoms. The Kier molecular flexibility index (Phi) is 5.42. The molecule has 1 rings (SSSR count). The first kappa shape index (κ1) is 12.8. The lowest BCUT2D eigenvalue weighted by molar-refractivity contribution is 0.184. The van der Waals surface area contributed by atoms with E-state index < -0.39 is 0 Å². The van der Waals surface area contributed by atoms with Gasteiger partial charge in [-0.15, -0.1) is 6.58 Å². The third-order valence-corrected chi connectivity index (χ3v) is 4.53. The zero-order chi connectivity index (χ0) is 11.3. The second-order valence-electron chi connectivity index (χ2n) is 5.34. The fourth-order valence-electron chi connectivity index (χ4n) is 3.70. The van der Waals surface area contributed by atoms with E-state index in [4.69, 9.17) is 0 Å². The number of rotatable bonds is 6. The average Bonchev–Trinajstić information content (AvgIpc) is 2.67. The largest absolute Gasteiger partial charge is 0.103 e. The van der Waals surface area contributed by atoms with Gasteiger partial charge in [0, 0.05) is 0 Å². The van der Waals surface area contributed by atoms with Crippen LogP contribution in [0, 0.1) is 23.7 Å². The van der Waals surface area contributed by atoms with E-state index in [2.05, 4.69) is 33.4 Å². The van der Waals surface area contributed by atoms with Gasteiger partial charge in [0.25, 0.3) is 0 Å². The Labute approximate surface area is 96.2 Å². The first-order chi connectivity index (χ1) is 7.24. The monoisotopic (exact) mass is 208 g/mol. The maximum atomic E-state index is 3.88. The molecule has 0 aromatic heterocycles. The average molecular weight is 208 g/mol. The lowest BCUT2D eigenvalue weighted by atomic mass is 9.74. The van der Waals surface area contributed by atoms with Crippen molar-refractivity contribution in [3.05, 3.63) is 12.7 Å². The Morgan fingerprint density at radius 3 is 2.60 bits per heavy atom. The van der Waals surface area contributed by atoms with Crippen LogP contribution in [0.2, 0.25) is 0 Å². The molecule has 0 N–H and O–H groups in total. The second-order valence-corrected chi connectivity index (χ2v) is 5.34. The summed E-state index contributed by atoms with van der Waals surface area (Å²) in [6, 6.07) is 0. The van der Waals surface area contributed by atoms with E-state index in [1.807, 2.05) is 0 Å². The Morgan fingerprint density at radius 1 is 1.33 bits per heavy atom. The molecule has 88 valence electrons. The summed E-state index contributed by atoms with van der Waals surface area (Å²) in [7, 11) is 0. The molecule has 0 spiro atoms. The van der Waals surface area contributed by atoms with Crippen molar-refractivity contribution < 1.29 is 0 Å². The number of hydrogen-bond donors (Lipinski definition) is 0. The predicted molar refractivity (Wildman–Crippen MR) is 68.9 cm³/mol. The van der Waals surface area contributed by atoms with Gasteiger partial charge < -0.3 is 0 Å². The van der Waals surface area contributed by atoms with Crippen LogP contribution in [0.1, 0.15) is 59.3 Å². The fraction of sp³-hybridized carbons (Fsp3) is 0.867. The highest BCUT2D eigenvalue weighted by atomic mass is 14.4. The van der Waals surface area contributed by atoms with Crippen LogP contribution in [-0.4, -0.2) is 0 Å². The molecule has 4 atom stereocenters. The van der Waals surface area contributed by atoms with E-state index in [-0.39, 0.29) is 0 Å². The van der Waals surface area contributed by atoms with Crippen LogP contribution >= 0.6 is 0 Å². The minimum atomic E-state index is 0.838. The van der Waals surface area contributed by atoms with E-state index >= 15 is 0 Å². The van der Waals surface area contributed by atoms with Crippen LogP contribution in [0.3, 0.4) is 0 Å². The van der Waals surface area contributed by atoms with Gasteiger partial charge in [-0.25, -0.2) is 0 Å². The van der Waals surface area contributed by atoms with Gasteiger partial charge in [-0.1, -0.05) is 52.5 Å². The molecule has 1 fully saturated rings. The summed E-state index contributed by atoms with van der Waals surface area (Å²) < 4.78 is 0. The standard InChI is InChI=1S/C15H28/c1-5-9-12(4)14(7-3)15-11-8-10-13(15)6-2/h5,12-15H,1,6-11H2,2-4H3/t12-,13?,14?,15?/m0/s1. The summed E-state index contributed by atoms with van der Waals surface area (Å²) in [6.07, 6.45) is 10.5. The Bertz CT molecular complexity index is 182. The topological polar surface area (TPSA) is 0 Å². The quantitative estimate of drug-likeness (QED) is 0.536. The third-order valence-electron chi connectivity index (χ3n) is 4.53. The van der Waals surface area contributed by atoms with Gasteiger partial charge in [0.05, 0.1) is 0 Å². The molecule has 0 nitrogen and oxygen atoms in total. The molecule has 0 aliphatic heterocycles. The maximum Gasteiger partial charge on any atom is -0.0325 e. The molecule has 0 aromatic carbocycles. The van der Waals surface area contributed by atoms with Gasteiger partial charge in [-0.3, -0.25) is 0 Å². The van der Waals surface area contributed by atoms with Crippen molar-refractivity contribution >= 4 is 0 Å². The van der Waals surface area contributed by atoms with Gasteiger partial charge >= 0.3 is 0 Å². The fourth-order valence-corrected chi connectivity index (χ4v) is 3.70. The lowest BCUT2D eigenvalue weighted by Crippen LogP contribution is -2.24. The van der Waals surface area contributed by atoms with Crippen LogP contribution in [0.4, 0.5) is 0 Å². The summed E-state index contributed by atoms with van der Waals surface area (Å²) >= 11 is 0. The molecule has 1 saturated carbocycles. The summed E-state index contributed by atoms with van der Waals surface area (Å²) in [5, 5.41) is 0. The SMILES string of the molecule is C=CC[C@H](C)C(CC)C1CCCC1CC. The molecular weight excluding hydrogens is 180 g/mol. The van der Waals surface area contributed by atoms with Gasteiger partial charge in [0.2, 0.25) is 0 Å². The third kappa shape index (κ3) is 3.09. The van der Waals surface area contributed by atoms with Crippen molar-refractivity contribution in [2.45, 2.75) is 59.3 Å². The molecule has 0 amide bonds. The molecule has 0 heterocycles. The summed E-state index contributed by atoms with van der Waals surface area (Å²) in [6.45, 7) is 11.0. The van der Waals surface area contributed by atoms with E-state index in [0.717, 1.165) is 23.7 Å². The molecule has 0 saturated heterocycles. The molecule has 1 aliphatic carbocycles. The Morgan fingerprint density at radius 2 is 2.07 bits per heavy atom. The Hall–Kier alpha value is -0.260. The van der Waals surface area contributed by atoms with Crippen molar-refractivity contribution in [2.75, 3.05) is 0 Å². The normalized spacial score (nSPS) is 30.1. The smallest absolute Gasteiger partial charge is 0.0325 e. The first-order valence-electron chi connectivity index (χ1n) is 6.85. The van der Waals surface area contributed by atoms with Gasteiger partial charge in [-0.05, 0) is 36.5 Å². The molecule has 3 unspecified atom stereocenters. The second kappa shape index (κ2) is 6.35. The first-order valence-corrected chi connectivity index (χ1v) is 6.85. The summed E-state index contributed by atoms with van der Waals surface area (Å²) in [5.74, 6) is 3.80. The molecular formula is C15H28. The van der Waals surface area contributed by atoms with Crippen LogP contribution in [0.15, 0.2) is 12.7 Å². The van der Waals surface area contributed by atoms with Crippen molar-refractivity contribution in [3.8, 4) is 0 Å². The van der Waals surface area contributed by atoms with Crippen LogP contribution in [0.25, 0.3) is 0 Å². The van der Waals surface area contributed by atoms with Gasteiger partial charge in [0.15, 0.2) is 0 Å². The molecule has 0 radical (unpaired) electrons. The van der Waals surface area contributed by atoms with E-state index in [9.17, 15) is 0 Å². The minimum absolute atomic E-state index is 0.838. The van der Waals surface area contributed by atoms with Gasteiger partial charge in [-0.2, -0.15) is 0 Å². The van der Waals surface area contributed by atoms with Crippen molar-refractivity contribution in [1.82, 2.24) is 0 Å². The molecule has 0 heteroatoms. The van der Waals surface area contributed by atoms with E-state index in [1.165, 1.54) is 38.5 Å². The maximum absolute atomic E-state index is 3.88. The molecule has 0 aromatic rings. The Balaban J connectivity index is 2.59. The zero-order valence-electron chi connectivity index (χ0n) is 10.8. The van der Waals surface area contributed by atoms with Crippen molar-refractivity contribution in [1.29, 1.82) is 0 Å². The van der Waals surface area contributed by atoms with Crippen LogP contribution in [-0.2, 0) is 0 Å². The molecule has 1 aliphatic rings. The van der Waals surface area contributed by atoms with Crippen molar-refractivity contribution in [2.24, 2.45) is 23.7 Å². The highest BCUT2D eigenvalue weighted by molar-refractivity contribution is 4.86. The highest BCUT2D eigenvalue weighted by Crippen LogP contribution is 2.43.